The van der Waals surface area contributed by atoms with Gasteiger partial charge in [-0.2, -0.15) is 0 Å². The molecule has 1 N–H and O–H groups in total. The van der Waals surface area contributed by atoms with E-state index in [0.29, 0.717) is 6.61 Å². The summed E-state index contributed by atoms with van der Waals surface area (Å²) in [6.07, 6.45) is 1.25. The van der Waals surface area contributed by atoms with Crippen LogP contribution in [-0.4, -0.2) is 46.0 Å². The summed E-state index contributed by atoms with van der Waals surface area (Å²) in [5.41, 5.74) is 1.08. The van der Waals surface area contributed by atoms with E-state index >= 15 is 0 Å². The fourth-order valence-electron chi connectivity index (χ4n) is 3.47. The average Bonchev–Trinajstić information content (AvgIpc) is 2.89. The highest BCUT2D eigenvalue weighted by molar-refractivity contribution is 14.1. The molecule has 6 heteroatoms. The van der Waals surface area contributed by atoms with Crippen molar-refractivity contribution in [2.24, 2.45) is 0 Å². The number of aliphatic hydroxyl groups excluding tert-OH is 1. The predicted molar refractivity (Wildman–Crippen MR) is 102 cm³/mol. The highest BCUT2D eigenvalue weighted by Gasteiger charge is 2.48. The summed E-state index contributed by atoms with van der Waals surface area (Å²) >= 11 is 2.36. The Morgan fingerprint density at radius 1 is 1.24 bits per heavy atom. The molecule has 0 bridgehead atoms. The van der Waals surface area contributed by atoms with Crippen molar-refractivity contribution in [2.75, 3.05) is 4.43 Å². The number of aliphatic hydroxyl groups is 1. The van der Waals surface area contributed by atoms with E-state index in [2.05, 4.69) is 22.6 Å². The van der Waals surface area contributed by atoms with Gasteiger partial charge in [-0.05, 0) is 38.7 Å². The normalized spacial score (nSPS) is 33.3. The van der Waals surface area contributed by atoms with Crippen LogP contribution in [0.25, 0.3) is 0 Å². The van der Waals surface area contributed by atoms with Crippen LogP contribution in [0.15, 0.2) is 30.3 Å². The number of ether oxygens (including phenoxy) is 4. The molecule has 0 radical (unpaired) electrons. The minimum absolute atomic E-state index is 0.102. The summed E-state index contributed by atoms with van der Waals surface area (Å²) in [4.78, 5) is 0. The number of benzene rings is 1. The van der Waals surface area contributed by atoms with Gasteiger partial charge >= 0.3 is 0 Å². The molecule has 0 aliphatic carbocycles. The number of rotatable bonds is 6. The van der Waals surface area contributed by atoms with E-state index in [1.54, 1.807) is 13.8 Å². The maximum atomic E-state index is 10.4. The van der Waals surface area contributed by atoms with Gasteiger partial charge in [-0.15, -0.1) is 0 Å². The summed E-state index contributed by atoms with van der Waals surface area (Å²) < 4.78 is 24.9. The topological polar surface area (TPSA) is 57.2 Å². The third-order valence-corrected chi connectivity index (χ3v) is 5.62. The van der Waals surface area contributed by atoms with Gasteiger partial charge in [0.2, 0.25) is 0 Å². The van der Waals surface area contributed by atoms with Crippen molar-refractivity contribution in [3.8, 4) is 0 Å². The van der Waals surface area contributed by atoms with Gasteiger partial charge in [0, 0.05) is 4.43 Å². The minimum atomic E-state index is -1.01. The van der Waals surface area contributed by atoms with E-state index in [1.165, 1.54) is 0 Å². The van der Waals surface area contributed by atoms with Gasteiger partial charge in [0.15, 0.2) is 12.1 Å². The van der Waals surface area contributed by atoms with E-state index < -0.39 is 18.2 Å². The van der Waals surface area contributed by atoms with Crippen LogP contribution in [0, 0.1) is 0 Å². The Bertz CT molecular complexity index is 538. The second kappa shape index (κ2) is 8.63. The van der Waals surface area contributed by atoms with Crippen molar-refractivity contribution in [1.29, 1.82) is 0 Å². The Morgan fingerprint density at radius 2 is 2.00 bits per heavy atom. The van der Waals surface area contributed by atoms with Gasteiger partial charge in [0.1, 0.15) is 12.2 Å². The Balaban J connectivity index is 1.73. The van der Waals surface area contributed by atoms with Crippen molar-refractivity contribution < 1.29 is 24.1 Å². The predicted octanol–water partition coefficient (Wildman–Crippen LogP) is 3.41. The molecular formula is C19H27IO5. The molecular weight excluding hydrogens is 435 g/mol. The second-order valence-electron chi connectivity index (χ2n) is 7.13. The molecule has 0 aromatic heterocycles. The molecule has 2 fully saturated rings. The molecule has 2 aliphatic heterocycles. The van der Waals surface area contributed by atoms with Gasteiger partial charge in [0.05, 0.1) is 18.8 Å². The smallest absolute Gasteiger partial charge is 0.187 e. The number of alkyl halides is 1. The van der Waals surface area contributed by atoms with Gasteiger partial charge in [-0.1, -0.05) is 52.9 Å². The molecule has 5 atom stereocenters. The lowest BCUT2D eigenvalue weighted by atomic mass is 9.97. The first kappa shape index (κ1) is 19.5. The molecule has 140 valence electrons. The van der Waals surface area contributed by atoms with Crippen molar-refractivity contribution in [2.45, 2.75) is 76.2 Å². The Hall–Kier alpha value is -0.250. The zero-order valence-corrected chi connectivity index (χ0v) is 16.9. The van der Waals surface area contributed by atoms with Crippen molar-refractivity contribution in [1.82, 2.24) is 0 Å². The Kier molecular flexibility index (Phi) is 6.73. The zero-order chi connectivity index (χ0) is 17.9. The molecule has 1 aromatic rings. The quantitative estimate of drug-likeness (QED) is 0.519. The van der Waals surface area contributed by atoms with E-state index in [9.17, 15) is 5.11 Å². The molecule has 2 aliphatic rings. The van der Waals surface area contributed by atoms with Crippen LogP contribution in [0.4, 0.5) is 0 Å². The highest BCUT2D eigenvalue weighted by atomic mass is 127. The molecule has 2 saturated heterocycles. The van der Waals surface area contributed by atoms with Crippen molar-refractivity contribution in [3.63, 3.8) is 0 Å². The van der Waals surface area contributed by atoms with Crippen molar-refractivity contribution in [3.05, 3.63) is 35.9 Å². The number of hydrogen-bond donors (Lipinski definition) is 1. The average molecular weight is 462 g/mol. The van der Waals surface area contributed by atoms with Gasteiger partial charge in [-0.25, -0.2) is 0 Å². The Morgan fingerprint density at radius 3 is 2.64 bits per heavy atom. The van der Waals surface area contributed by atoms with Gasteiger partial charge in [0.25, 0.3) is 0 Å². The van der Waals surface area contributed by atoms with Crippen LogP contribution in [0.2, 0.25) is 0 Å². The van der Waals surface area contributed by atoms with Crippen LogP contribution in [0.5, 0.6) is 0 Å². The van der Waals surface area contributed by atoms with E-state index in [-0.39, 0.29) is 18.3 Å². The second-order valence-corrected chi connectivity index (χ2v) is 8.01. The molecule has 0 amide bonds. The fraction of sp³-hybridized carbons (Fsp3) is 0.684. The van der Waals surface area contributed by atoms with E-state index in [1.807, 2.05) is 30.3 Å². The first-order valence-electron chi connectivity index (χ1n) is 8.89. The SMILES string of the molecule is CC1(C)OC(O)[C@@H]([C@@H](OCc2ccccc2)[C@H]2CCCC(CI)O2)O1. The van der Waals surface area contributed by atoms with Crippen LogP contribution in [-0.2, 0) is 25.6 Å². The van der Waals surface area contributed by atoms with Crippen LogP contribution in [0.3, 0.4) is 0 Å². The van der Waals surface area contributed by atoms with Gasteiger partial charge in [-0.3, -0.25) is 0 Å². The van der Waals surface area contributed by atoms with Crippen molar-refractivity contribution >= 4 is 22.6 Å². The first-order valence-corrected chi connectivity index (χ1v) is 10.4. The maximum Gasteiger partial charge on any atom is 0.187 e. The lowest BCUT2D eigenvalue weighted by Crippen LogP contribution is -2.48. The summed E-state index contributed by atoms with van der Waals surface area (Å²) in [7, 11) is 0. The molecule has 5 nitrogen and oxygen atoms in total. The van der Waals surface area contributed by atoms with Gasteiger partial charge < -0.3 is 24.1 Å². The molecule has 25 heavy (non-hydrogen) atoms. The Labute approximate surface area is 163 Å². The minimum Gasteiger partial charge on any atom is -0.371 e. The lowest BCUT2D eigenvalue weighted by Gasteiger charge is -2.37. The summed E-state index contributed by atoms with van der Waals surface area (Å²) in [6, 6.07) is 10.0. The molecule has 2 heterocycles. The van der Waals surface area contributed by atoms with Crippen LogP contribution >= 0.6 is 22.6 Å². The molecule has 2 unspecified atom stereocenters. The standard InChI is InChI=1S/C19H27IO5/c1-19(2)24-17(18(21)25-19)16(15-10-6-9-14(11-20)23-15)22-12-13-7-4-3-5-8-13/h3-5,7-8,14-18,21H,6,9-12H2,1-2H3/t14?,15-,16+,17-,18?/m1/s1. The number of hydrogen-bond acceptors (Lipinski definition) is 5. The zero-order valence-electron chi connectivity index (χ0n) is 14.8. The van der Waals surface area contributed by atoms with Crippen LogP contribution in [0.1, 0.15) is 38.7 Å². The summed E-state index contributed by atoms with van der Waals surface area (Å²) in [6.45, 7) is 4.06. The maximum absolute atomic E-state index is 10.4. The molecule has 0 saturated carbocycles. The van der Waals surface area contributed by atoms with E-state index in [4.69, 9.17) is 18.9 Å². The van der Waals surface area contributed by atoms with E-state index in [0.717, 1.165) is 29.3 Å². The van der Waals surface area contributed by atoms with Crippen LogP contribution < -0.4 is 0 Å². The molecule has 0 spiro atoms. The largest absolute Gasteiger partial charge is 0.371 e. The fourth-order valence-corrected chi connectivity index (χ4v) is 4.11. The summed E-state index contributed by atoms with van der Waals surface area (Å²) in [5, 5.41) is 10.4. The summed E-state index contributed by atoms with van der Waals surface area (Å²) in [5.74, 6) is -0.824. The molecule has 3 rings (SSSR count). The third kappa shape index (κ3) is 5.14. The first-order chi connectivity index (χ1) is 12.0. The lowest BCUT2D eigenvalue weighted by molar-refractivity contribution is -0.189. The number of halogens is 1. The monoisotopic (exact) mass is 462 g/mol. The third-order valence-electron chi connectivity index (χ3n) is 4.64. The molecule has 1 aromatic carbocycles. The highest BCUT2D eigenvalue weighted by Crippen LogP contribution is 2.34.